The number of nitrogens with zero attached hydrogens (tertiary/aromatic N) is 1. The highest BCUT2D eigenvalue weighted by molar-refractivity contribution is 7.98. The second-order valence-corrected chi connectivity index (χ2v) is 5.66. The SMILES string of the molecule is CSc1ccc(C(=O)N(C)CC(C)(C)CN)o1.Cl. The van der Waals surface area contributed by atoms with Crippen molar-refractivity contribution in [3.05, 3.63) is 17.9 Å². The fourth-order valence-corrected chi connectivity index (χ4v) is 1.89. The van der Waals surface area contributed by atoms with Crippen LogP contribution in [0.2, 0.25) is 0 Å². The first-order valence-corrected chi connectivity index (χ1v) is 6.71. The van der Waals surface area contributed by atoms with E-state index in [1.807, 2.05) is 20.1 Å². The van der Waals surface area contributed by atoms with Crippen molar-refractivity contribution in [1.29, 1.82) is 0 Å². The van der Waals surface area contributed by atoms with Crippen LogP contribution in [0.15, 0.2) is 21.6 Å². The molecule has 18 heavy (non-hydrogen) atoms. The van der Waals surface area contributed by atoms with Crippen LogP contribution in [0.4, 0.5) is 0 Å². The van der Waals surface area contributed by atoms with Gasteiger partial charge in [0.2, 0.25) is 0 Å². The predicted octanol–water partition coefficient (Wildman–Crippen LogP) is 2.48. The second kappa shape index (κ2) is 7.07. The lowest BCUT2D eigenvalue weighted by Gasteiger charge is -2.28. The van der Waals surface area contributed by atoms with Gasteiger partial charge in [-0.3, -0.25) is 4.79 Å². The van der Waals surface area contributed by atoms with Gasteiger partial charge >= 0.3 is 0 Å². The van der Waals surface area contributed by atoms with Crippen molar-refractivity contribution < 1.29 is 9.21 Å². The molecular formula is C12H21ClN2O2S. The Morgan fingerprint density at radius 2 is 2.11 bits per heavy atom. The molecular weight excluding hydrogens is 272 g/mol. The number of halogens is 1. The normalized spacial score (nSPS) is 10.9. The number of thioether (sulfide) groups is 1. The van der Waals surface area contributed by atoms with Crippen molar-refractivity contribution in [3.63, 3.8) is 0 Å². The summed E-state index contributed by atoms with van der Waals surface area (Å²) < 4.78 is 5.40. The van der Waals surface area contributed by atoms with Gasteiger partial charge in [0.1, 0.15) is 0 Å². The highest BCUT2D eigenvalue weighted by atomic mass is 35.5. The van der Waals surface area contributed by atoms with Crippen molar-refractivity contribution in [1.82, 2.24) is 4.90 Å². The highest BCUT2D eigenvalue weighted by Crippen LogP contribution is 2.20. The largest absolute Gasteiger partial charge is 0.445 e. The van der Waals surface area contributed by atoms with E-state index in [9.17, 15) is 4.79 Å². The number of carbonyl (C=O) groups excluding carboxylic acids is 1. The van der Waals surface area contributed by atoms with Gasteiger partial charge in [0.25, 0.3) is 5.91 Å². The van der Waals surface area contributed by atoms with Gasteiger partial charge in [-0.15, -0.1) is 12.4 Å². The maximum Gasteiger partial charge on any atom is 0.289 e. The van der Waals surface area contributed by atoms with Crippen LogP contribution >= 0.6 is 24.2 Å². The fourth-order valence-electron chi connectivity index (χ4n) is 1.51. The van der Waals surface area contributed by atoms with E-state index in [1.165, 1.54) is 11.8 Å². The van der Waals surface area contributed by atoms with E-state index in [2.05, 4.69) is 0 Å². The molecule has 0 aliphatic carbocycles. The number of hydrogen-bond acceptors (Lipinski definition) is 4. The van der Waals surface area contributed by atoms with E-state index in [0.29, 0.717) is 18.8 Å². The average molecular weight is 293 g/mol. The molecule has 6 heteroatoms. The Morgan fingerprint density at radius 3 is 2.56 bits per heavy atom. The van der Waals surface area contributed by atoms with Crippen molar-refractivity contribution in [2.75, 3.05) is 26.4 Å². The maximum atomic E-state index is 12.0. The number of hydrogen-bond donors (Lipinski definition) is 1. The van der Waals surface area contributed by atoms with Gasteiger partial charge in [-0.2, -0.15) is 0 Å². The molecule has 2 N–H and O–H groups in total. The molecule has 0 saturated heterocycles. The predicted molar refractivity (Wildman–Crippen MR) is 77.5 cm³/mol. The van der Waals surface area contributed by atoms with E-state index in [4.69, 9.17) is 10.2 Å². The van der Waals surface area contributed by atoms with E-state index in [-0.39, 0.29) is 23.7 Å². The van der Waals surface area contributed by atoms with E-state index in [1.54, 1.807) is 24.1 Å². The summed E-state index contributed by atoms with van der Waals surface area (Å²) in [7, 11) is 1.76. The van der Waals surface area contributed by atoms with Crippen LogP contribution in [0.5, 0.6) is 0 Å². The third kappa shape index (κ3) is 4.55. The van der Waals surface area contributed by atoms with Gasteiger partial charge in [0.05, 0.1) is 0 Å². The summed E-state index contributed by atoms with van der Waals surface area (Å²) in [5.74, 6) is 0.275. The molecule has 4 nitrogen and oxygen atoms in total. The fraction of sp³-hybridized carbons (Fsp3) is 0.583. The zero-order valence-electron chi connectivity index (χ0n) is 11.2. The Labute approximate surface area is 119 Å². The van der Waals surface area contributed by atoms with Crippen LogP contribution in [-0.2, 0) is 0 Å². The summed E-state index contributed by atoms with van der Waals surface area (Å²) in [5, 5.41) is 0.750. The van der Waals surface area contributed by atoms with E-state index >= 15 is 0 Å². The molecule has 1 aromatic rings. The number of carbonyl (C=O) groups is 1. The molecule has 0 aliphatic rings. The van der Waals surface area contributed by atoms with E-state index in [0.717, 1.165) is 5.09 Å². The molecule has 0 aliphatic heterocycles. The molecule has 0 fully saturated rings. The Kier molecular flexibility index (Phi) is 6.81. The molecule has 0 aromatic carbocycles. The summed E-state index contributed by atoms with van der Waals surface area (Å²) >= 11 is 1.48. The van der Waals surface area contributed by atoms with Gasteiger partial charge in [0, 0.05) is 13.6 Å². The molecule has 0 saturated carbocycles. The van der Waals surface area contributed by atoms with Crippen molar-refractivity contribution in [3.8, 4) is 0 Å². The van der Waals surface area contributed by atoms with Gasteiger partial charge < -0.3 is 15.1 Å². The summed E-state index contributed by atoms with van der Waals surface area (Å²) in [5.41, 5.74) is 5.57. The number of amides is 1. The van der Waals surface area contributed by atoms with Crippen molar-refractivity contribution in [2.24, 2.45) is 11.1 Å². The van der Waals surface area contributed by atoms with Crippen LogP contribution in [0.25, 0.3) is 0 Å². The smallest absolute Gasteiger partial charge is 0.289 e. The Bertz CT molecular complexity index is 393. The molecule has 1 aromatic heterocycles. The highest BCUT2D eigenvalue weighted by Gasteiger charge is 2.23. The lowest BCUT2D eigenvalue weighted by Crippen LogP contribution is -2.39. The average Bonchev–Trinajstić information content (AvgIpc) is 2.76. The van der Waals surface area contributed by atoms with Crippen LogP contribution in [0.3, 0.4) is 0 Å². The van der Waals surface area contributed by atoms with Gasteiger partial charge in [-0.05, 0) is 30.3 Å². The zero-order chi connectivity index (χ0) is 13.1. The molecule has 1 amide bonds. The van der Waals surface area contributed by atoms with Gasteiger partial charge in [0.15, 0.2) is 10.9 Å². The molecule has 0 radical (unpaired) electrons. The van der Waals surface area contributed by atoms with Crippen molar-refractivity contribution >= 4 is 30.1 Å². The maximum absolute atomic E-state index is 12.0. The lowest BCUT2D eigenvalue weighted by molar-refractivity contribution is 0.0703. The summed E-state index contributed by atoms with van der Waals surface area (Å²) in [6.45, 7) is 5.22. The quantitative estimate of drug-likeness (QED) is 0.847. The van der Waals surface area contributed by atoms with Gasteiger partial charge in [-0.1, -0.05) is 25.6 Å². The monoisotopic (exact) mass is 292 g/mol. The molecule has 104 valence electrons. The number of nitrogens with two attached hydrogens (primary N) is 1. The van der Waals surface area contributed by atoms with E-state index < -0.39 is 0 Å². The van der Waals surface area contributed by atoms with Crippen LogP contribution in [0.1, 0.15) is 24.4 Å². The molecule has 0 unspecified atom stereocenters. The Morgan fingerprint density at radius 1 is 1.50 bits per heavy atom. The first kappa shape index (κ1) is 17.4. The van der Waals surface area contributed by atoms with Crippen LogP contribution < -0.4 is 5.73 Å². The molecule has 0 bridgehead atoms. The number of furan rings is 1. The zero-order valence-corrected chi connectivity index (χ0v) is 12.9. The molecule has 0 atom stereocenters. The van der Waals surface area contributed by atoms with Gasteiger partial charge in [-0.25, -0.2) is 0 Å². The van der Waals surface area contributed by atoms with Crippen molar-refractivity contribution in [2.45, 2.75) is 18.9 Å². The summed E-state index contributed by atoms with van der Waals surface area (Å²) in [6.07, 6.45) is 1.91. The minimum absolute atomic E-state index is 0. The molecule has 0 spiro atoms. The second-order valence-electron chi connectivity index (χ2n) is 4.85. The van der Waals surface area contributed by atoms with Crippen LogP contribution in [0, 0.1) is 5.41 Å². The minimum atomic E-state index is -0.105. The standard InChI is InChI=1S/C12H20N2O2S.ClH/c1-12(2,7-13)8-14(3)11(15)9-5-6-10(16-9)17-4;/h5-6H,7-8,13H2,1-4H3;1H. The van der Waals surface area contributed by atoms with Crippen LogP contribution in [-0.4, -0.2) is 37.2 Å². The number of rotatable bonds is 5. The summed E-state index contributed by atoms with van der Waals surface area (Å²) in [6, 6.07) is 3.51. The third-order valence-electron chi connectivity index (χ3n) is 2.56. The first-order chi connectivity index (χ1) is 7.89. The molecule has 1 heterocycles. The Hall–Kier alpha value is -0.650. The molecule has 1 rings (SSSR count). The Balaban J connectivity index is 0.00000289. The lowest BCUT2D eigenvalue weighted by atomic mass is 9.93. The third-order valence-corrected chi connectivity index (χ3v) is 3.18. The topological polar surface area (TPSA) is 59.5 Å². The summed E-state index contributed by atoms with van der Waals surface area (Å²) in [4.78, 5) is 13.7. The first-order valence-electron chi connectivity index (χ1n) is 5.49. The minimum Gasteiger partial charge on any atom is -0.445 e.